The molecule has 1 amide bonds. The molecule has 1 aromatic carbocycles. The van der Waals surface area contributed by atoms with Crippen molar-refractivity contribution in [3.05, 3.63) is 17.7 Å². The summed E-state index contributed by atoms with van der Waals surface area (Å²) in [5.74, 6) is 6.94. The average Bonchev–Trinajstić information content (AvgIpc) is 2.60. The first-order valence-corrected chi connectivity index (χ1v) is 7.64. The smallest absolute Gasteiger partial charge is 0.238 e. The first kappa shape index (κ1) is 17.4. The van der Waals surface area contributed by atoms with Crippen molar-refractivity contribution in [1.82, 2.24) is 10.3 Å². The molecule has 1 heterocycles. The molecule has 0 spiro atoms. The summed E-state index contributed by atoms with van der Waals surface area (Å²) < 4.78 is 16.1. The molecule has 0 aromatic heterocycles. The van der Waals surface area contributed by atoms with Gasteiger partial charge in [-0.1, -0.05) is 0 Å². The number of hydrogen-bond acceptors (Lipinski definition) is 6. The van der Waals surface area contributed by atoms with Gasteiger partial charge in [-0.25, -0.2) is 5.84 Å². The van der Waals surface area contributed by atoms with Gasteiger partial charge in [0.05, 0.1) is 27.2 Å². The monoisotopic (exact) mass is 323 g/mol. The highest BCUT2D eigenvalue weighted by atomic mass is 16.5. The topological polar surface area (TPSA) is 86.1 Å². The van der Waals surface area contributed by atoms with Crippen molar-refractivity contribution in [2.24, 2.45) is 11.8 Å². The largest absolute Gasteiger partial charge is 0.493 e. The zero-order valence-corrected chi connectivity index (χ0v) is 13.9. The maximum atomic E-state index is 11.7. The Morgan fingerprint density at radius 1 is 1.26 bits per heavy atom. The molecule has 23 heavy (non-hydrogen) atoms. The van der Waals surface area contributed by atoms with Crippen LogP contribution in [0.3, 0.4) is 0 Å². The van der Waals surface area contributed by atoms with Gasteiger partial charge >= 0.3 is 0 Å². The third-order valence-corrected chi connectivity index (χ3v) is 4.15. The Hall–Kier alpha value is -1.99. The lowest BCUT2D eigenvalue weighted by Gasteiger charge is -2.31. The van der Waals surface area contributed by atoms with Gasteiger partial charge in [0.1, 0.15) is 0 Å². The molecule has 0 bridgehead atoms. The molecule has 1 aliphatic rings. The van der Waals surface area contributed by atoms with Gasteiger partial charge in [-0.2, -0.15) is 0 Å². The van der Waals surface area contributed by atoms with Crippen LogP contribution in [0.25, 0.3) is 0 Å². The number of carbonyl (C=O) groups is 1. The Morgan fingerprint density at radius 2 is 1.91 bits per heavy atom. The Bertz CT molecular complexity index is 525. The fraction of sp³-hybridized carbons (Fsp3) is 0.562. The van der Waals surface area contributed by atoms with Gasteiger partial charge in [0, 0.05) is 13.1 Å². The van der Waals surface area contributed by atoms with Gasteiger partial charge in [0.15, 0.2) is 11.5 Å². The van der Waals surface area contributed by atoms with Crippen LogP contribution < -0.4 is 25.5 Å². The van der Waals surface area contributed by atoms with Gasteiger partial charge in [0.25, 0.3) is 0 Å². The Morgan fingerprint density at radius 3 is 2.43 bits per heavy atom. The van der Waals surface area contributed by atoms with E-state index in [9.17, 15) is 4.79 Å². The maximum Gasteiger partial charge on any atom is 0.238 e. The summed E-state index contributed by atoms with van der Waals surface area (Å²) in [6.07, 6.45) is 1.84. The van der Waals surface area contributed by atoms with Gasteiger partial charge in [0.2, 0.25) is 11.7 Å². The normalized spacial score (nSPS) is 18.3. The molecule has 1 aliphatic heterocycles. The number of nitrogens with zero attached hydrogens (tertiary/aromatic N) is 1. The fourth-order valence-corrected chi connectivity index (χ4v) is 3.02. The quantitative estimate of drug-likeness (QED) is 0.460. The van der Waals surface area contributed by atoms with Crippen molar-refractivity contribution in [2.45, 2.75) is 19.4 Å². The van der Waals surface area contributed by atoms with Crippen molar-refractivity contribution in [3.8, 4) is 17.2 Å². The first-order chi connectivity index (χ1) is 11.1. The number of piperidine rings is 1. The number of benzene rings is 1. The van der Waals surface area contributed by atoms with Gasteiger partial charge in [-0.05, 0) is 37.1 Å². The molecule has 0 radical (unpaired) electrons. The number of carbonyl (C=O) groups excluding carboxylic acids is 1. The summed E-state index contributed by atoms with van der Waals surface area (Å²) >= 11 is 0. The lowest BCUT2D eigenvalue weighted by Crippen LogP contribution is -2.44. The van der Waals surface area contributed by atoms with Crippen LogP contribution in [0.1, 0.15) is 18.4 Å². The standard InChI is InChI=1S/C16H25N3O4/c1-21-13-7-11(8-14(22-2)15(13)23-3)9-19-6-4-5-12(10-19)16(20)18-17/h7-8,12H,4-6,9-10,17H2,1-3H3,(H,18,20). The Labute approximate surface area is 136 Å². The van der Waals surface area contributed by atoms with Crippen molar-refractivity contribution in [3.63, 3.8) is 0 Å². The van der Waals surface area contributed by atoms with E-state index in [2.05, 4.69) is 10.3 Å². The number of ether oxygens (including phenoxy) is 3. The second-order valence-corrected chi connectivity index (χ2v) is 5.62. The van der Waals surface area contributed by atoms with E-state index in [1.165, 1.54) is 0 Å². The van der Waals surface area contributed by atoms with Crippen molar-refractivity contribution in [1.29, 1.82) is 0 Å². The molecular formula is C16H25N3O4. The molecule has 1 fully saturated rings. The predicted octanol–water partition coefficient (Wildman–Crippen LogP) is 0.914. The third kappa shape index (κ3) is 4.05. The molecular weight excluding hydrogens is 298 g/mol. The lowest BCUT2D eigenvalue weighted by atomic mass is 9.97. The summed E-state index contributed by atoms with van der Waals surface area (Å²) in [4.78, 5) is 14.0. The molecule has 2 rings (SSSR count). The molecule has 1 atom stereocenters. The average molecular weight is 323 g/mol. The van der Waals surface area contributed by atoms with Crippen LogP contribution in [0, 0.1) is 5.92 Å². The minimum Gasteiger partial charge on any atom is -0.493 e. The van der Waals surface area contributed by atoms with E-state index >= 15 is 0 Å². The van der Waals surface area contributed by atoms with Gasteiger partial charge in [-0.15, -0.1) is 0 Å². The van der Waals surface area contributed by atoms with Crippen molar-refractivity contribution in [2.75, 3.05) is 34.4 Å². The van der Waals surface area contributed by atoms with Crippen LogP contribution in [0.2, 0.25) is 0 Å². The van der Waals surface area contributed by atoms with E-state index in [1.807, 2.05) is 12.1 Å². The number of likely N-dealkylation sites (tertiary alicyclic amines) is 1. The van der Waals surface area contributed by atoms with Gasteiger partial charge in [-0.3, -0.25) is 15.1 Å². The minimum absolute atomic E-state index is 0.0595. The van der Waals surface area contributed by atoms with E-state index in [1.54, 1.807) is 21.3 Å². The van der Waals surface area contributed by atoms with Gasteiger partial charge < -0.3 is 14.2 Å². The molecule has 0 aliphatic carbocycles. The van der Waals surface area contributed by atoms with E-state index in [0.29, 0.717) is 30.3 Å². The number of amides is 1. The van der Waals surface area contributed by atoms with Crippen LogP contribution >= 0.6 is 0 Å². The fourth-order valence-electron chi connectivity index (χ4n) is 3.02. The Balaban J connectivity index is 2.14. The second-order valence-electron chi connectivity index (χ2n) is 5.62. The number of hydrazine groups is 1. The zero-order valence-electron chi connectivity index (χ0n) is 13.9. The molecule has 1 saturated heterocycles. The van der Waals surface area contributed by atoms with Crippen molar-refractivity contribution < 1.29 is 19.0 Å². The molecule has 0 saturated carbocycles. The van der Waals surface area contributed by atoms with Crippen LogP contribution in [-0.2, 0) is 11.3 Å². The van der Waals surface area contributed by atoms with Crippen LogP contribution in [0.5, 0.6) is 17.2 Å². The number of nitrogens with one attached hydrogen (secondary N) is 1. The number of nitrogens with two attached hydrogens (primary N) is 1. The summed E-state index contributed by atoms with van der Waals surface area (Å²) in [6, 6.07) is 3.88. The molecule has 1 unspecified atom stereocenters. The molecule has 7 nitrogen and oxygen atoms in total. The minimum atomic E-state index is -0.0976. The predicted molar refractivity (Wildman–Crippen MR) is 86.4 cm³/mol. The maximum absolute atomic E-state index is 11.7. The molecule has 1 aromatic rings. The van der Waals surface area contributed by atoms with E-state index in [-0.39, 0.29) is 11.8 Å². The van der Waals surface area contributed by atoms with Crippen LogP contribution in [0.15, 0.2) is 12.1 Å². The summed E-state index contributed by atoms with van der Waals surface area (Å²) in [6.45, 7) is 2.36. The van der Waals surface area contributed by atoms with Crippen LogP contribution in [0.4, 0.5) is 0 Å². The summed E-state index contributed by atoms with van der Waals surface area (Å²) in [7, 11) is 4.79. The highest BCUT2D eigenvalue weighted by molar-refractivity contribution is 5.78. The number of hydrogen-bond donors (Lipinski definition) is 2. The molecule has 128 valence electrons. The molecule has 3 N–H and O–H groups in total. The number of methoxy groups -OCH3 is 3. The third-order valence-electron chi connectivity index (χ3n) is 4.15. The van der Waals surface area contributed by atoms with E-state index in [4.69, 9.17) is 20.1 Å². The van der Waals surface area contributed by atoms with E-state index < -0.39 is 0 Å². The highest BCUT2D eigenvalue weighted by Crippen LogP contribution is 2.38. The van der Waals surface area contributed by atoms with Crippen LogP contribution in [-0.4, -0.2) is 45.2 Å². The summed E-state index contributed by atoms with van der Waals surface area (Å²) in [5.41, 5.74) is 3.30. The second kappa shape index (κ2) is 8.03. The zero-order chi connectivity index (χ0) is 16.8. The van der Waals surface area contributed by atoms with Crippen molar-refractivity contribution >= 4 is 5.91 Å². The Kier molecular flexibility index (Phi) is 6.06. The lowest BCUT2D eigenvalue weighted by molar-refractivity contribution is -0.126. The SMILES string of the molecule is COc1cc(CN2CCCC(C(=O)NN)C2)cc(OC)c1OC. The summed E-state index contributed by atoms with van der Waals surface area (Å²) in [5, 5.41) is 0. The molecule has 7 heteroatoms. The number of rotatable bonds is 6. The highest BCUT2D eigenvalue weighted by Gasteiger charge is 2.25. The first-order valence-electron chi connectivity index (χ1n) is 7.64. The van der Waals surface area contributed by atoms with E-state index in [0.717, 1.165) is 24.9 Å².